The van der Waals surface area contributed by atoms with E-state index < -0.39 is 6.09 Å². The summed E-state index contributed by atoms with van der Waals surface area (Å²) < 4.78 is 6.23. The number of aromatic nitrogens is 3. The second kappa shape index (κ2) is 5.00. The number of carbonyl (C=O) groups excluding carboxylic acids is 1. The number of hydrogen-bond donors (Lipinski definition) is 0. The maximum atomic E-state index is 11.8. The molecular weight excluding hydrogens is 230 g/mol. The Morgan fingerprint density at radius 1 is 1.39 bits per heavy atom. The summed E-state index contributed by atoms with van der Waals surface area (Å²) in [4.78, 5) is 11.8. The summed E-state index contributed by atoms with van der Waals surface area (Å²) in [6.45, 7) is 6.09. The molecule has 0 N–H and O–H groups in total. The third kappa shape index (κ3) is 2.25. The molecule has 0 aliphatic carbocycles. The molecule has 0 bridgehead atoms. The van der Waals surface area contributed by atoms with Crippen molar-refractivity contribution < 1.29 is 9.53 Å². The van der Waals surface area contributed by atoms with E-state index in [1.165, 1.54) is 4.68 Å². The molecule has 0 saturated heterocycles. The first-order valence-corrected chi connectivity index (χ1v) is 5.74. The maximum absolute atomic E-state index is 11.8. The van der Waals surface area contributed by atoms with Crippen molar-refractivity contribution in [3.8, 4) is 0 Å². The molecule has 2 rings (SSSR count). The van der Waals surface area contributed by atoms with E-state index in [1.54, 1.807) is 6.08 Å². The molecule has 0 unspecified atom stereocenters. The van der Waals surface area contributed by atoms with Gasteiger partial charge in [-0.05, 0) is 44.0 Å². The number of fused-ring (bicyclic) bond motifs is 1. The van der Waals surface area contributed by atoms with Gasteiger partial charge in [0.05, 0.1) is 0 Å². The van der Waals surface area contributed by atoms with Crippen molar-refractivity contribution in [2.75, 3.05) is 6.61 Å². The minimum atomic E-state index is -0.515. The third-order valence-electron chi connectivity index (χ3n) is 2.77. The number of rotatable bonds is 2. The molecule has 0 fully saturated rings. The quantitative estimate of drug-likeness (QED) is 0.763. The second-order valence-corrected chi connectivity index (χ2v) is 4.07. The summed E-state index contributed by atoms with van der Waals surface area (Å²) in [7, 11) is 0. The van der Waals surface area contributed by atoms with Crippen LogP contribution in [-0.2, 0) is 4.74 Å². The standard InChI is InChI=1S/C13H15N3O2/c1-4-5-6-18-13(17)16-12-8-10(3)9(2)7-11(12)14-15-16/h4-5,7-8H,6H2,1-3H3. The first-order valence-electron chi connectivity index (χ1n) is 5.74. The summed E-state index contributed by atoms with van der Waals surface area (Å²) in [6.07, 6.45) is 3.06. The van der Waals surface area contributed by atoms with Crippen LogP contribution < -0.4 is 0 Å². The predicted molar refractivity (Wildman–Crippen MR) is 68.6 cm³/mol. The zero-order valence-corrected chi connectivity index (χ0v) is 10.7. The van der Waals surface area contributed by atoms with Gasteiger partial charge < -0.3 is 4.74 Å². The Morgan fingerprint density at radius 2 is 2.11 bits per heavy atom. The monoisotopic (exact) mass is 245 g/mol. The minimum absolute atomic E-state index is 0.238. The fourth-order valence-corrected chi connectivity index (χ4v) is 1.59. The first-order chi connectivity index (χ1) is 8.63. The van der Waals surface area contributed by atoms with Crippen molar-refractivity contribution in [2.45, 2.75) is 20.8 Å². The van der Waals surface area contributed by atoms with Crippen molar-refractivity contribution in [1.82, 2.24) is 15.0 Å². The van der Waals surface area contributed by atoms with Crippen LogP contribution in [0.1, 0.15) is 18.1 Å². The molecule has 94 valence electrons. The van der Waals surface area contributed by atoms with Gasteiger partial charge in [0.15, 0.2) is 0 Å². The fourth-order valence-electron chi connectivity index (χ4n) is 1.59. The predicted octanol–water partition coefficient (Wildman–Crippen LogP) is 2.61. The van der Waals surface area contributed by atoms with E-state index in [0.29, 0.717) is 11.0 Å². The molecule has 5 heteroatoms. The third-order valence-corrected chi connectivity index (χ3v) is 2.77. The topological polar surface area (TPSA) is 57.0 Å². The Bertz CT molecular complexity index is 614. The van der Waals surface area contributed by atoms with Gasteiger partial charge in [-0.1, -0.05) is 17.4 Å². The van der Waals surface area contributed by atoms with Gasteiger partial charge in [0, 0.05) is 0 Å². The van der Waals surface area contributed by atoms with Gasteiger partial charge in [-0.3, -0.25) is 0 Å². The Hall–Kier alpha value is -2.17. The number of hydrogen-bond acceptors (Lipinski definition) is 4. The largest absolute Gasteiger partial charge is 0.444 e. The summed E-state index contributed by atoms with van der Waals surface area (Å²) in [6, 6.07) is 3.80. The molecule has 18 heavy (non-hydrogen) atoms. The van der Waals surface area contributed by atoms with Gasteiger partial charge in [-0.15, -0.1) is 9.78 Å². The number of nitrogens with zero attached hydrogens (tertiary/aromatic N) is 3. The number of aryl methyl sites for hydroxylation is 2. The minimum Gasteiger partial charge on any atom is -0.444 e. The molecule has 2 aromatic rings. The summed E-state index contributed by atoms with van der Waals surface area (Å²) in [5.74, 6) is 0. The van der Waals surface area contributed by atoms with Crippen LogP contribution in [0.15, 0.2) is 24.3 Å². The summed E-state index contributed by atoms with van der Waals surface area (Å²) >= 11 is 0. The van der Waals surface area contributed by atoms with E-state index in [-0.39, 0.29) is 6.61 Å². The van der Waals surface area contributed by atoms with Crippen LogP contribution in [0, 0.1) is 13.8 Å². The zero-order valence-electron chi connectivity index (χ0n) is 10.7. The van der Waals surface area contributed by atoms with Gasteiger partial charge in [0.2, 0.25) is 0 Å². The van der Waals surface area contributed by atoms with Gasteiger partial charge in [0.25, 0.3) is 0 Å². The van der Waals surface area contributed by atoms with E-state index in [4.69, 9.17) is 4.74 Å². The van der Waals surface area contributed by atoms with Gasteiger partial charge in [-0.2, -0.15) is 0 Å². The number of ether oxygens (including phenoxy) is 1. The fraction of sp³-hybridized carbons (Fsp3) is 0.308. The summed E-state index contributed by atoms with van der Waals surface area (Å²) in [5.41, 5.74) is 3.58. The van der Waals surface area contributed by atoms with Crippen molar-refractivity contribution in [2.24, 2.45) is 0 Å². The van der Waals surface area contributed by atoms with E-state index in [2.05, 4.69) is 10.3 Å². The normalized spacial score (nSPS) is 11.3. The van der Waals surface area contributed by atoms with E-state index in [0.717, 1.165) is 11.1 Å². The average Bonchev–Trinajstić information content (AvgIpc) is 2.73. The first kappa shape index (κ1) is 12.3. The van der Waals surface area contributed by atoms with Crippen molar-refractivity contribution >= 4 is 17.1 Å². The molecule has 0 radical (unpaired) electrons. The SMILES string of the molecule is CC=CCOC(=O)n1nnc2cc(C)c(C)cc21. The Morgan fingerprint density at radius 3 is 2.83 bits per heavy atom. The molecule has 1 heterocycles. The lowest BCUT2D eigenvalue weighted by Crippen LogP contribution is -2.15. The van der Waals surface area contributed by atoms with Gasteiger partial charge in [0.1, 0.15) is 17.6 Å². The number of carbonyl (C=O) groups is 1. The lowest BCUT2D eigenvalue weighted by atomic mass is 10.1. The molecule has 0 saturated carbocycles. The number of allylic oxidation sites excluding steroid dienone is 1. The molecule has 1 aromatic heterocycles. The molecule has 0 aliphatic heterocycles. The van der Waals surface area contributed by atoms with Crippen LogP contribution in [0.5, 0.6) is 0 Å². The lowest BCUT2D eigenvalue weighted by Gasteiger charge is -2.03. The van der Waals surface area contributed by atoms with E-state index >= 15 is 0 Å². The Kier molecular flexibility index (Phi) is 3.41. The smallest absolute Gasteiger partial charge is 0.437 e. The van der Waals surface area contributed by atoms with E-state index in [1.807, 2.05) is 39.0 Å². The Balaban J connectivity index is 2.34. The van der Waals surface area contributed by atoms with Crippen molar-refractivity contribution in [1.29, 1.82) is 0 Å². The molecule has 0 atom stereocenters. The zero-order chi connectivity index (χ0) is 13.1. The van der Waals surface area contributed by atoms with Crippen LogP contribution in [0.4, 0.5) is 4.79 Å². The van der Waals surface area contributed by atoms with Crippen LogP contribution in [0.3, 0.4) is 0 Å². The highest BCUT2D eigenvalue weighted by Gasteiger charge is 2.13. The van der Waals surface area contributed by atoms with Crippen LogP contribution in [-0.4, -0.2) is 27.7 Å². The molecule has 5 nitrogen and oxygen atoms in total. The van der Waals surface area contributed by atoms with Crippen molar-refractivity contribution in [3.05, 3.63) is 35.4 Å². The molecule has 0 spiro atoms. The molecule has 0 amide bonds. The maximum Gasteiger partial charge on any atom is 0.437 e. The molecule has 1 aromatic carbocycles. The second-order valence-electron chi connectivity index (χ2n) is 4.07. The average molecular weight is 245 g/mol. The van der Waals surface area contributed by atoms with Crippen LogP contribution in [0.2, 0.25) is 0 Å². The summed E-state index contributed by atoms with van der Waals surface area (Å²) in [5, 5.41) is 7.79. The van der Waals surface area contributed by atoms with Crippen LogP contribution in [0.25, 0.3) is 11.0 Å². The Labute approximate surface area is 105 Å². The lowest BCUT2D eigenvalue weighted by molar-refractivity contribution is 0.157. The van der Waals surface area contributed by atoms with Gasteiger partial charge in [-0.25, -0.2) is 4.79 Å². The van der Waals surface area contributed by atoms with Crippen molar-refractivity contribution in [3.63, 3.8) is 0 Å². The highest BCUT2D eigenvalue weighted by atomic mass is 16.6. The van der Waals surface area contributed by atoms with E-state index in [9.17, 15) is 4.79 Å². The van der Waals surface area contributed by atoms with Gasteiger partial charge >= 0.3 is 6.09 Å². The highest BCUT2D eigenvalue weighted by Crippen LogP contribution is 2.17. The molecular formula is C13H15N3O2. The highest BCUT2D eigenvalue weighted by molar-refractivity contribution is 5.85. The molecule has 0 aliphatic rings. The number of benzene rings is 1. The van der Waals surface area contributed by atoms with Crippen LogP contribution >= 0.6 is 0 Å².